The van der Waals surface area contributed by atoms with E-state index in [0.29, 0.717) is 30.1 Å². The maximum absolute atomic E-state index is 12.5. The summed E-state index contributed by atoms with van der Waals surface area (Å²) in [5, 5.41) is 4.17. The summed E-state index contributed by atoms with van der Waals surface area (Å²) in [6, 6.07) is 6.99. The number of sulfonamides is 1. The summed E-state index contributed by atoms with van der Waals surface area (Å²) >= 11 is 6.02. The lowest BCUT2D eigenvalue weighted by Gasteiger charge is -2.25. The van der Waals surface area contributed by atoms with Gasteiger partial charge in [-0.1, -0.05) is 35.0 Å². The summed E-state index contributed by atoms with van der Waals surface area (Å²) in [4.78, 5) is 0. The van der Waals surface area contributed by atoms with Gasteiger partial charge in [-0.15, -0.1) is 0 Å². The summed E-state index contributed by atoms with van der Waals surface area (Å²) in [6.07, 6.45) is 2.13. The van der Waals surface area contributed by atoms with E-state index in [1.54, 1.807) is 30.5 Å². The first-order valence-electron chi connectivity index (χ1n) is 6.20. The molecule has 2 aromatic rings. The molecular weight excluding hydrogens is 300 g/mol. The minimum absolute atomic E-state index is 0.0900. The molecule has 5 nitrogen and oxygen atoms in total. The van der Waals surface area contributed by atoms with Gasteiger partial charge in [-0.05, 0) is 11.6 Å². The maximum Gasteiger partial charge on any atom is 0.218 e. The smallest absolute Gasteiger partial charge is 0.218 e. The van der Waals surface area contributed by atoms with Gasteiger partial charge in [0, 0.05) is 30.1 Å². The highest BCUT2D eigenvalue weighted by molar-refractivity contribution is 7.88. The molecule has 0 radical (unpaired) electrons. The number of nitrogens with zero attached hydrogens (tertiary/aromatic N) is 2. The Bertz CT molecular complexity index is 727. The Hall–Kier alpha value is -1.37. The van der Waals surface area contributed by atoms with Crippen LogP contribution in [0.2, 0.25) is 5.02 Å². The third kappa shape index (κ3) is 2.59. The average molecular weight is 313 g/mol. The van der Waals surface area contributed by atoms with Crippen molar-refractivity contribution in [1.29, 1.82) is 0 Å². The van der Waals surface area contributed by atoms with Gasteiger partial charge in [0.05, 0.1) is 11.9 Å². The van der Waals surface area contributed by atoms with Crippen molar-refractivity contribution < 1.29 is 12.9 Å². The van der Waals surface area contributed by atoms with E-state index in [0.717, 1.165) is 11.3 Å². The van der Waals surface area contributed by atoms with Crippen molar-refractivity contribution in [2.24, 2.45) is 0 Å². The van der Waals surface area contributed by atoms with E-state index in [2.05, 4.69) is 5.16 Å². The molecule has 1 aliphatic heterocycles. The molecule has 0 amide bonds. The molecule has 7 heteroatoms. The van der Waals surface area contributed by atoms with Crippen LogP contribution in [0.15, 0.2) is 35.0 Å². The van der Waals surface area contributed by atoms with Crippen LogP contribution in [0.1, 0.15) is 16.9 Å². The SMILES string of the molecule is O=S(=O)(Cc1ccccc1Cl)N1CCc2oncc2C1. The first-order valence-corrected chi connectivity index (χ1v) is 8.18. The standard InChI is InChI=1S/C13H13ClN2O3S/c14-12-4-2-1-3-10(12)9-20(17,18)16-6-5-13-11(8-16)7-15-19-13/h1-4,7H,5-6,8-9H2. The second kappa shape index (κ2) is 5.20. The Labute approximate surface area is 122 Å². The predicted octanol–water partition coefficient (Wildman–Crippen LogP) is 2.22. The molecule has 1 aromatic carbocycles. The van der Waals surface area contributed by atoms with E-state index in [1.807, 2.05) is 0 Å². The molecule has 0 spiro atoms. The molecule has 106 valence electrons. The molecule has 0 fully saturated rings. The monoisotopic (exact) mass is 312 g/mol. The second-order valence-corrected chi connectivity index (χ2v) is 7.08. The highest BCUT2D eigenvalue weighted by Crippen LogP contribution is 2.24. The van der Waals surface area contributed by atoms with Gasteiger partial charge in [0.2, 0.25) is 10.0 Å². The first-order chi connectivity index (χ1) is 9.56. The molecular formula is C13H13ClN2O3S. The lowest BCUT2D eigenvalue weighted by molar-refractivity contribution is 0.331. The number of rotatable bonds is 3. The number of hydrogen-bond acceptors (Lipinski definition) is 4. The summed E-state index contributed by atoms with van der Waals surface area (Å²) in [7, 11) is -3.40. The van der Waals surface area contributed by atoms with Gasteiger partial charge in [0.25, 0.3) is 0 Å². The van der Waals surface area contributed by atoms with Gasteiger partial charge >= 0.3 is 0 Å². The van der Waals surface area contributed by atoms with Crippen molar-refractivity contribution in [1.82, 2.24) is 9.46 Å². The number of halogens is 1. The first kappa shape index (κ1) is 13.6. The van der Waals surface area contributed by atoms with Crippen LogP contribution in [0.3, 0.4) is 0 Å². The van der Waals surface area contributed by atoms with Crippen LogP contribution in [0.4, 0.5) is 0 Å². The minimum atomic E-state index is -3.40. The topological polar surface area (TPSA) is 63.4 Å². The largest absolute Gasteiger partial charge is 0.361 e. The van der Waals surface area contributed by atoms with Crippen molar-refractivity contribution in [3.63, 3.8) is 0 Å². The molecule has 2 heterocycles. The highest BCUT2D eigenvalue weighted by atomic mass is 35.5. The fraction of sp³-hybridized carbons (Fsp3) is 0.308. The minimum Gasteiger partial charge on any atom is -0.361 e. The summed E-state index contributed by atoms with van der Waals surface area (Å²) in [5.74, 6) is 0.682. The normalized spacial score (nSPS) is 16.1. The lowest BCUT2D eigenvalue weighted by atomic mass is 10.1. The van der Waals surface area contributed by atoms with Crippen molar-refractivity contribution in [2.75, 3.05) is 6.54 Å². The highest BCUT2D eigenvalue weighted by Gasteiger charge is 2.29. The molecule has 0 N–H and O–H groups in total. The van der Waals surface area contributed by atoms with E-state index in [9.17, 15) is 8.42 Å². The van der Waals surface area contributed by atoms with Crippen LogP contribution in [0.5, 0.6) is 0 Å². The van der Waals surface area contributed by atoms with Gasteiger partial charge in [0.15, 0.2) is 0 Å². The zero-order valence-electron chi connectivity index (χ0n) is 10.6. The van der Waals surface area contributed by atoms with Gasteiger partial charge < -0.3 is 4.52 Å². The van der Waals surface area contributed by atoms with E-state index in [4.69, 9.17) is 16.1 Å². The van der Waals surface area contributed by atoms with Gasteiger partial charge in [0.1, 0.15) is 5.76 Å². The average Bonchev–Trinajstić information content (AvgIpc) is 2.88. The molecule has 0 aliphatic carbocycles. The van der Waals surface area contributed by atoms with Crippen molar-refractivity contribution in [2.45, 2.75) is 18.7 Å². The molecule has 1 aromatic heterocycles. The second-order valence-electron chi connectivity index (χ2n) is 4.71. The zero-order valence-corrected chi connectivity index (χ0v) is 12.2. The quantitative estimate of drug-likeness (QED) is 0.871. The maximum atomic E-state index is 12.5. The Morgan fingerprint density at radius 2 is 2.15 bits per heavy atom. The Balaban J connectivity index is 1.82. The number of benzene rings is 1. The molecule has 0 bridgehead atoms. The number of hydrogen-bond donors (Lipinski definition) is 0. The summed E-state index contributed by atoms with van der Waals surface area (Å²) in [6.45, 7) is 0.723. The van der Waals surface area contributed by atoms with Crippen LogP contribution >= 0.6 is 11.6 Å². The fourth-order valence-corrected chi connectivity index (χ4v) is 4.07. The molecule has 3 rings (SSSR count). The van der Waals surface area contributed by atoms with Crippen LogP contribution in [0, 0.1) is 0 Å². The molecule has 1 aliphatic rings. The van der Waals surface area contributed by atoms with E-state index < -0.39 is 10.0 Å². The number of fused-ring (bicyclic) bond motifs is 1. The zero-order chi connectivity index (χ0) is 14.2. The van der Waals surface area contributed by atoms with Crippen LogP contribution in [-0.2, 0) is 28.7 Å². The fourth-order valence-electron chi connectivity index (χ4n) is 2.26. The third-order valence-electron chi connectivity index (χ3n) is 3.35. The van der Waals surface area contributed by atoms with Crippen LogP contribution in [0.25, 0.3) is 0 Å². The van der Waals surface area contributed by atoms with Gasteiger partial charge in [-0.3, -0.25) is 0 Å². The van der Waals surface area contributed by atoms with E-state index >= 15 is 0 Å². The lowest BCUT2D eigenvalue weighted by Crippen LogP contribution is -2.36. The number of aromatic nitrogens is 1. The molecule has 0 saturated carbocycles. The van der Waals surface area contributed by atoms with E-state index in [-0.39, 0.29) is 5.75 Å². The Morgan fingerprint density at radius 1 is 1.35 bits per heavy atom. The van der Waals surface area contributed by atoms with Crippen molar-refractivity contribution in [3.05, 3.63) is 52.4 Å². The molecule has 0 atom stereocenters. The molecule has 0 unspecified atom stereocenters. The molecule has 0 saturated heterocycles. The summed E-state index contributed by atoms with van der Waals surface area (Å²) in [5.41, 5.74) is 1.45. The van der Waals surface area contributed by atoms with Crippen molar-refractivity contribution >= 4 is 21.6 Å². The summed E-state index contributed by atoms with van der Waals surface area (Å²) < 4.78 is 31.4. The van der Waals surface area contributed by atoms with Crippen molar-refractivity contribution in [3.8, 4) is 0 Å². The third-order valence-corrected chi connectivity index (χ3v) is 5.50. The molecule has 20 heavy (non-hydrogen) atoms. The Morgan fingerprint density at radius 3 is 2.95 bits per heavy atom. The van der Waals surface area contributed by atoms with Crippen LogP contribution in [-0.4, -0.2) is 24.4 Å². The van der Waals surface area contributed by atoms with Crippen LogP contribution < -0.4 is 0 Å². The Kier molecular flexibility index (Phi) is 3.54. The van der Waals surface area contributed by atoms with E-state index in [1.165, 1.54) is 4.31 Å². The van der Waals surface area contributed by atoms with Gasteiger partial charge in [-0.25, -0.2) is 8.42 Å². The van der Waals surface area contributed by atoms with Gasteiger partial charge in [-0.2, -0.15) is 4.31 Å². The predicted molar refractivity (Wildman–Crippen MR) is 74.7 cm³/mol.